The highest BCUT2D eigenvalue weighted by Crippen LogP contribution is 1.86. The van der Waals surface area contributed by atoms with E-state index in [1.807, 2.05) is 0 Å². The van der Waals surface area contributed by atoms with Crippen LogP contribution in [0.4, 0.5) is 0 Å². The van der Waals surface area contributed by atoms with E-state index in [0.29, 0.717) is 0 Å². The summed E-state index contributed by atoms with van der Waals surface area (Å²) in [6.45, 7) is 5.42. The first kappa shape index (κ1) is 16.1. The molecule has 1 unspecified atom stereocenters. The van der Waals surface area contributed by atoms with Gasteiger partial charge in [-0.05, 0) is 7.05 Å². The molecule has 1 atom stereocenters. The Morgan fingerprint density at radius 2 is 1.93 bits per heavy atom. The minimum atomic E-state index is -4.43. The molecule has 14 heavy (non-hydrogen) atoms. The Bertz CT molecular complexity index is 251. The van der Waals surface area contributed by atoms with E-state index in [4.69, 9.17) is 4.55 Å². The van der Waals surface area contributed by atoms with E-state index < -0.39 is 21.7 Å². The zero-order chi connectivity index (χ0) is 11.6. The summed E-state index contributed by atoms with van der Waals surface area (Å²) in [7, 11) is -3.03. The first-order valence-corrected chi connectivity index (χ1v) is 5.74. The van der Waals surface area contributed by atoms with Crippen molar-refractivity contribution in [3.05, 3.63) is 13.2 Å². The first-order valence-electron chi connectivity index (χ1n) is 3.30. The average Bonchev–Trinajstić information content (AvgIpc) is 2.14. The Morgan fingerprint density at radius 1 is 1.43 bits per heavy atom. The van der Waals surface area contributed by atoms with Crippen LogP contribution >= 0.6 is 0 Å². The Balaban J connectivity index is 0. The SMILES string of the molecule is C=C.CNS(=O)OCCOS(=O)(=O)O. The van der Waals surface area contributed by atoms with Gasteiger partial charge in [0.25, 0.3) is 0 Å². The standard InChI is InChI=1S/C3H9NO6S2.C2H4/c1-4-11(5)9-2-3-10-12(6,7)8;1-2/h4H,2-3H2,1H3,(H,6,7,8);1-2H2. The molecule has 0 aromatic carbocycles. The van der Waals surface area contributed by atoms with E-state index in [1.165, 1.54) is 7.05 Å². The smallest absolute Gasteiger partial charge is 0.276 e. The lowest BCUT2D eigenvalue weighted by Gasteiger charge is -2.00. The van der Waals surface area contributed by atoms with Gasteiger partial charge in [-0.15, -0.1) is 13.2 Å². The molecule has 0 heterocycles. The molecule has 9 heteroatoms. The highest BCUT2D eigenvalue weighted by atomic mass is 32.3. The van der Waals surface area contributed by atoms with Crippen molar-refractivity contribution in [3.8, 4) is 0 Å². The minimum absolute atomic E-state index is 0.201. The molecule has 7 nitrogen and oxygen atoms in total. The fourth-order valence-corrected chi connectivity index (χ4v) is 0.924. The van der Waals surface area contributed by atoms with Gasteiger partial charge in [0.1, 0.15) is 0 Å². The molecule has 0 spiro atoms. The van der Waals surface area contributed by atoms with E-state index in [-0.39, 0.29) is 13.2 Å². The van der Waals surface area contributed by atoms with E-state index >= 15 is 0 Å². The lowest BCUT2D eigenvalue weighted by Crippen LogP contribution is -2.17. The summed E-state index contributed by atoms with van der Waals surface area (Å²) in [5.74, 6) is 0. The topological polar surface area (TPSA) is 102 Å². The van der Waals surface area contributed by atoms with Crippen LogP contribution in [0.1, 0.15) is 0 Å². The van der Waals surface area contributed by atoms with Crippen molar-refractivity contribution in [2.75, 3.05) is 20.3 Å². The molecule has 0 aliphatic carbocycles. The fraction of sp³-hybridized carbons (Fsp3) is 0.600. The largest absolute Gasteiger partial charge is 0.397 e. The van der Waals surface area contributed by atoms with Crippen LogP contribution in [0, 0.1) is 0 Å². The van der Waals surface area contributed by atoms with Crippen molar-refractivity contribution >= 4 is 21.7 Å². The summed E-state index contributed by atoms with van der Waals surface area (Å²) in [6.07, 6.45) is 0. The maximum absolute atomic E-state index is 10.4. The monoisotopic (exact) mass is 247 g/mol. The van der Waals surface area contributed by atoms with Crippen LogP contribution in [-0.2, 0) is 30.0 Å². The minimum Gasteiger partial charge on any atom is -0.276 e. The molecular weight excluding hydrogens is 234 g/mol. The van der Waals surface area contributed by atoms with Gasteiger partial charge >= 0.3 is 10.4 Å². The van der Waals surface area contributed by atoms with Crippen LogP contribution in [0.3, 0.4) is 0 Å². The van der Waals surface area contributed by atoms with Crippen LogP contribution in [0.15, 0.2) is 13.2 Å². The Kier molecular flexibility index (Phi) is 10.6. The Hall–Kier alpha value is -0.320. The molecule has 0 saturated carbocycles. The molecule has 86 valence electrons. The van der Waals surface area contributed by atoms with Gasteiger partial charge in [0, 0.05) is 0 Å². The molecule has 0 aromatic heterocycles. The van der Waals surface area contributed by atoms with Crippen molar-refractivity contribution < 1.29 is 25.5 Å². The Labute approximate surface area is 85.8 Å². The van der Waals surface area contributed by atoms with E-state index in [0.717, 1.165) is 0 Å². The molecule has 0 aromatic rings. The number of rotatable bonds is 6. The van der Waals surface area contributed by atoms with Crippen molar-refractivity contribution in [2.45, 2.75) is 0 Å². The maximum atomic E-state index is 10.4. The van der Waals surface area contributed by atoms with Crippen molar-refractivity contribution in [2.24, 2.45) is 0 Å². The molecule has 2 N–H and O–H groups in total. The summed E-state index contributed by atoms with van der Waals surface area (Å²) >= 11 is -1.66. The van der Waals surface area contributed by atoms with Gasteiger partial charge in [-0.3, -0.25) is 8.74 Å². The second kappa shape index (κ2) is 9.24. The van der Waals surface area contributed by atoms with Gasteiger partial charge in [0.2, 0.25) is 11.3 Å². The van der Waals surface area contributed by atoms with Crippen LogP contribution in [-0.4, -0.2) is 37.4 Å². The molecule has 0 aliphatic rings. The van der Waals surface area contributed by atoms with Crippen LogP contribution in [0.25, 0.3) is 0 Å². The quantitative estimate of drug-likeness (QED) is 0.370. The molecular formula is C5H13NO6S2. The van der Waals surface area contributed by atoms with Crippen molar-refractivity contribution in [1.29, 1.82) is 0 Å². The molecule has 0 bridgehead atoms. The summed E-state index contributed by atoms with van der Waals surface area (Å²) in [5, 5.41) is 0. The Morgan fingerprint density at radius 3 is 2.29 bits per heavy atom. The zero-order valence-corrected chi connectivity index (χ0v) is 9.27. The number of nitrogens with one attached hydrogen (secondary N) is 1. The second-order valence-corrected chi connectivity index (χ2v) is 3.72. The van der Waals surface area contributed by atoms with Gasteiger partial charge in [-0.2, -0.15) is 8.42 Å². The van der Waals surface area contributed by atoms with Gasteiger partial charge in [0.15, 0.2) is 0 Å². The third-order valence-electron chi connectivity index (χ3n) is 0.673. The normalized spacial score (nSPS) is 12.7. The molecule has 0 saturated heterocycles. The van der Waals surface area contributed by atoms with Crippen LogP contribution < -0.4 is 4.72 Å². The van der Waals surface area contributed by atoms with Gasteiger partial charge in [0.05, 0.1) is 13.2 Å². The maximum Gasteiger partial charge on any atom is 0.397 e. The van der Waals surface area contributed by atoms with Crippen LogP contribution in [0.2, 0.25) is 0 Å². The molecule has 0 aliphatic heterocycles. The summed E-state index contributed by atoms with van der Waals surface area (Å²) in [4.78, 5) is 0. The first-order chi connectivity index (χ1) is 6.45. The molecule has 0 fully saturated rings. The lowest BCUT2D eigenvalue weighted by molar-refractivity contribution is 0.211. The fourth-order valence-electron chi connectivity index (χ4n) is 0.308. The van der Waals surface area contributed by atoms with E-state index in [9.17, 15) is 12.6 Å². The van der Waals surface area contributed by atoms with Gasteiger partial charge in [-0.25, -0.2) is 13.1 Å². The zero-order valence-electron chi connectivity index (χ0n) is 7.63. The van der Waals surface area contributed by atoms with Crippen LogP contribution in [0.5, 0.6) is 0 Å². The van der Waals surface area contributed by atoms with E-state index in [2.05, 4.69) is 26.2 Å². The van der Waals surface area contributed by atoms with Gasteiger partial charge in [-0.1, -0.05) is 0 Å². The average molecular weight is 247 g/mol. The third-order valence-corrected chi connectivity index (χ3v) is 1.85. The van der Waals surface area contributed by atoms with Gasteiger partial charge < -0.3 is 0 Å². The molecule has 0 amide bonds. The van der Waals surface area contributed by atoms with Crippen molar-refractivity contribution in [1.82, 2.24) is 4.72 Å². The summed E-state index contributed by atoms with van der Waals surface area (Å²) in [5.41, 5.74) is 0. The predicted octanol–water partition coefficient (Wildman–Crippen LogP) is -0.577. The number of hydrogen-bond acceptors (Lipinski definition) is 5. The highest BCUT2D eigenvalue weighted by molar-refractivity contribution is 7.80. The van der Waals surface area contributed by atoms with E-state index in [1.54, 1.807) is 0 Å². The third kappa shape index (κ3) is 14.2. The predicted molar refractivity (Wildman–Crippen MR) is 51.9 cm³/mol. The highest BCUT2D eigenvalue weighted by Gasteiger charge is 2.03. The molecule has 0 radical (unpaired) electrons. The number of hydrogen-bond donors (Lipinski definition) is 2. The summed E-state index contributed by atoms with van der Waals surface area (Å²) < 4.78 is 48.9. The lowest BCUT2D eigenvalue weighted by atomic mass is 10.8. The second-order valence-electron chi connectivity index (χ2n) is 1.51. The molecule has 0 rings (SSSR count). The van der Waals surface area contributed by atoms with Crippen molar-refractivity contribution in [3.63, 3.8) is 0 Å². The summed E-state index contributed by atoms with van der Waals surface area (Å²) in [6, 6.07) is 0.